The summed E-state index contributed by atoms with van der Waals surface area (Å²) < 4.78 is 60.6. The van der Waals surface area contributed by atoms with Crippen molar-refractivity contribution in [2.75, 3.05) is 25.0 Å². The second-order valence-electron chi connectivity index (χ2n) is 6.72. The number of methoxy groups -OCH3 is 1. The molecule has 0 saturated heterocycles. The lowest BCUT2D eigenvalue weighted by molar-refractivity contribution is 0.0896. The highest BCUT2D eigenvalue weighted by Gasteiger charge is 2.24. The van der Waals surface area contributed by atoms with Crippen molar-refractivity contribution in [3.8, 4) is 16.5 Å². The lowest BCUT2D eigenvalue weighted by Gasteiger charge is -2.19. The van der Waals surface area contributed by atoms with Crippen LogP contribution >= 0.6 is 11.3 Å². The van der Waals surface area contributed by atoms with Crippen LogP contribution in [0.25, 0.3) is 10.6 Å². The summed E-state index contributed by atoms with van der Waals surface area (Å²) in [6.45, 7) is 2.29. The molecule has 1 aromatic carbocycles. The van der Waals surface area contributed by atoms with Crippen molar-refractivity contribution < 1.29 is 31.5 Å². The van der Waals surface area contributed by atoms with Crippen LogP contribution in [0, 0.1) is 0 Å². The summed E-state index contributed by atoms with van der Waals surface area (Å²) in [6, 6.07) is 5.03. The molecule has 0 aliphatic carbocycles. The van der Waals surface area contributed by atoms with Gasteiger partial charge in [0.05, 0.1) is 36.5 Å². The summed E-state index contributed by atoms with van der Waals surface area (Å²) in [5.74, 6) is -3.74. The largest absolute Gasteiger partial charge is 0.477 e. The van der Waals surface area contributed by atoms with Gasteiger partial charge in [0.15, 0.2) is 5.01 Å². The molecule has 0 bridgehead atoms. The highest BCUT2D eigenvalue weighted by atomic mass is 32.2. The zero-order valence-corrected chi connectivity index (χ0v) is 19.7. The van der Waals surface area contributed by atoms with E-state index in [2.05, 4.69) is 20.3 Å². The topological polar surface area (TPSA) is 132 Å². The van der Waals surface area contributed by atoms with E-state index in [1.54, 1.807) is 6.07 Å². The molecular weight excluding hydrogens is 492 g/mol. The number of alkyl halides is 2. The lowest BCUT2D eigenvalue weighted by atomic mass is 10.1. The number of nitrogens with one attached hydrogen (secondary N) is 2. The maximum absolute atomic E-state index is 12.8. The summed E-state index contributed by atoms with van der Waals surface area (Å²) >= 11 is 1.09. The minimum Gasteiger partial charge on any atom is -0.477 e. The Morgan fingerprint density at radius 2 is 2.03 bits per heavy atom. The van der Waals surface area contributed by atoms with Crippen molar-refractivity contribution in [2.45, 2.75) is 18.7 Å². The molecule has 0 radical (unpaired) electrons. The van der Waals surface area contributed by atoms with E-state index >= 15 is 0 Å². The number of anilines is 1. The molecule has 0 saturated carbocycles. The van der Waals surface area contributed by atoms with Gasteiger partial charge in [0, 0.05) is 19.0 Å². The second kappa shape index (κ2) is 11.3. The zero-order valence-electron chi connectivity index (χ0n) is 18.1. The third-order valence-corrected chi connectivity index (χ3v) is 6.29. The van der Waals surface area contributed by atoms with Crippen LogP contribution in [0.4, 0.5) is 14.5 Å². The Labute approximate surface area is 198 Å². The quantitative estimate of drug-likeness (QED) is 0.400. The average molecular weight is 514 g/mol. The maximum atomic E-state index is 12.8. The monoisotopic (exact) mass is 513 g/mol. The minimum absolute atomic E-state index is 0.0386. The molecule has 182 valence electrons. The van der Waals surface area contributed by atoms with Gasteiger partial charge < -0.3 is 14.8 Å². The number of thiazole rings is 1. The molecular formula is C20H21F2N5O5S2. The van der Waals surface area contributed by atoms with E-state index in [1.165, 1.54) is 43.9 Å². The number of amides is 1. The second-order valence-corrected chi connectivity index (χ2v) is 9.40. The molecule has 0 unspecified atom stereocenters. The van der Waals surface area contributed by atoms with Crippen LogP contribution in [0.2, 0.25) is 0 Å². The number of carbonyl (C=O) groups excluding carboxylic acids is 1. The highest BCUT2D eigenvalue weighted by Crippen LogP contribution is 2.26. The standard InChI is InChI=1S/C20H21F2N5O5S2/c1-3-32-17-10-23-8-14(25-17)16-9-24-19(33-16)18(28)26-15(11-31-2)12-5-4-6-13(7-12)27-34(29,30)20(21)22/h4-10,15,20,27H,3,11H2,1-2H3,(H,26,28)/t15-/m0/s1. The highest BCUT2D eigenvalue weighted by molar-refractivity contribution is 7.93. The molecule has 14 heteroatoms. The van der Waals surface area contributed by atoms with E-state index in [-0.39, 0.29) is 17.3 Å². The van der Waals surface area contributed by atoms with Gasteiger partial charge in [-0.15, -0.1) is 11.3 Å². The van der Waals surface area contributed by atoms with Gasteiger partial charge in [-0.1, -0.05) is 12.1 Å². The van der Waals surface area contributed by atoms with Gasteiger partial charge in [0.25, 0.3) is 15.9 Å². The molecule has 34 heavy (non-hydrogen) atoms. The van der Waals surface area contributed by atoms with Crippen LogP contribution in [-0.4, -0.2) is 55.4 Å². The normalized spacial score (nSPS) is 12.4. The van der Waals surface area contributed by atoms with Crippen LogP contribution < -0.4 is 14.8 Å². The predicted molar refractivity (Wildman–Crippen MR) is 121 cm³/mol. The van der Waals surface area contributed by atoms with Crippen molar-refractivity contribution in [3.63, 3.8) is 0 Å². The summed E-state index contributed by atoms with van der Waals surface area (Å²) in [7, 11) is -3.41. The average Bonchev–Trinajstić information content (AvgIpc) is 3.30. The summed E-state index contributed by atoms with van der Waals surface area (Å²) in [5.41, 5.74) is 0.865. The fourth-order valence-electron chi connectivity index (χ4n) is 2.82. The number of carbonyl (C=O) groups is 1. The predicted octanol–water partition coefficient (Wildman–Crippen LogP) is 3.08. The Morgan fingerprint density at radius 3 is 2.74 bits per heavy atom. The van der Waals surface area contributed by atoms with Gasteiger partial charge >= 0.3 is 5.76 Å². The minimum atomic E-state index is -4.83. The number of halogens is 2. The Balaban J connectivity index is 1.77. The maximum Gasteiger partial charge on any atom is 0.355 e. The molecule has 0 fully saturated rings. The molecule has 1 amide bonds. The molecule has 0 aliphatic rings. The molecule has 0 aliphatic heterocycles. The SMILES string of the molecule is CCOc1cncc(-c2cnc(C(=O)N[C@@H](COC)c3cccc(NS(=O)(=O)C(F)F)c3)s2)n1. The summed E-state index contributed by atoms with van der Waals surface area (Å²) in [5, 5.41) is 2.91. The number of nitrogens with zero attached hydrogens (tertiary/aromatic N) is 3. The van der Waals surface area contributed by atoms with E-state index in [4.69, 9.17) is 9.47 Å². The van der Waals surface area contributed by atoms with E-state index in [1.807, 2.05) is 11.6 Å². The first-order valence-corrected chi connectivity index (χ1v) is 12.2. The van der Waals surface area contributed by atoms with Crippen molar-refractivity contribution in [1.29, 1.82) is 0 Å². The van der Waals surface area contributed by atoms with Crippen LogP contribution in [0.5, 0.6) is 5.88 Å². The van der Waals surface area contributed by atoms with E-state index in [0.717, 1.165) is 11.3 Å². The van der Waals surface area contributed by atoms with Crippen LogP contribution in [0.1, 0.15) is 28.3 Å². The first-order valence-electron chi connectivity index (χ1n) is 9.84. The fraction of sp³-hybridized carbons (Fsp3) is 0.300. The van der Waals surface area contributed by atoms with Gasteiger partial charge in [-0.2, -0.15) is 8.78 Å². The molecule has 0 spiro atoms. The van der Waals surface area contributed by atoms with Crippen LogP contribution in [0.15, 0.2) is 42.9 Å². The Morgan fingerprint density at radius 1 is 1.24 bits per heavy atom. The summed E-state index contributed by atoms with van der Waals surface area (Å²) in [4.78, 5) is 26.0. The van der Waals surface area contributed by atoms with Gasteiger partial charge in [-0.05, 0) is 24.6 Å². The van der Waals surface area contributed by atoms with Crippen LogP contribution in [-0.2, 0) is 14.8 Å². The number of ether oxygens (including phenoxy) is 2. The Bertz CT molecular complexity index is 1240. The van der Waals surface area contributed by atoms with E-state index in [0.29, 0.717) is 28.6 Å². The summed E-state index contributed by atoms with van der Waals surface area (Å²) in [6.07, 6.45) is 4.49. The van der Waals surface area contributed by atoms with E-state index < -0.39 is 27.7 Å². The molecule has 2 N–H and O–H groups in total. The Kier molecular flexibility index (Phi) is 8.41. The molecule has 3 aromatic rings. The van der Waals surface area contributed by atoms with Crippen molar-refractivity contribution in [1.82, 2.24) is 20.3 Å². The number of aromatic nitrogens is 3. The smallest absolute Gasteiger partial charge is 0.355 e. The fourth-order valence-corrected chi connectivity index (χ4v) is 4.14. The van der Waals surface area contributed by atoms with Crippen LogP contribution in [0.3, 0.4) is 0 Å². The third kappa shape index (κ3) is 6.42. The van der Waals surface area contributed by atoms with Gasteiger partial charge in [0.2, 0.25) is 5.88 Å². The van der Waals surface area contributed by atoms with Crippen molar-refractivity contribution in [2.24, 2.45) is 0 Å². The molecule has 10 nitrogen and oxygen atoms in total. The first kappa shape index (κ1) is 25.4. The first-order chi connectivity index (χ1) is 16.2. The molecule has 2 heterocycles. The molecule has 2 aromatic heterocycles. The van der Waals surface area contributed by atoms with Gasteiger partial charge in [-0.3, -0.25) is 14.5 Å². The van der Waals surface area contributed by atoms with Gasteiger partial charge in [0.1, 0.15) is 5.69 Å². The van der Waals surface area contributed by atoms with Gasteiger partial charge in [-0.25, -0.2) is 18.4 Å². The number of benzene rings is 1. The molecule has 1 atom stereocenters. The van der Waals surface area contributed by atoms with Crippen molar-refractivity contribution in [3.05, 3.63) is 53.4 Å². The number of sulfonamides is 1. The third-order valence-electron chi connectivity index (χ3n) is 4.28. The van der Waals surface area contributed by atoms with Crippen molar-refractivity contribution >= 4 is 33.0 Å². The number of hydrogen-bond donors (Lipinski definition) is 2. The number of rotatable bonds is 11. The zero-order chi connectivity index (χ0) is 24.7. The van der Waals surface area contributed by atoms with E-state index in [9.17, 15) is 22.0 Å². The Hall–Kier alpha value is -3.23. The molecule has 3 rings (SSSR count). The number of hydrogen-bond acceptors (Lipinski definition) is 9. The lowest BCUT2D eigenvalue weighted by Crippen LogP contribution is -2.31.